The normalized spacial score (nSPS) is 14.7. The molecule has 2 atom stereocenters. The molecule has 4 heteroatoms. The third kappa shape index (κ3) is 5.72. The second kappa shape index (κ2) is 7.41. The van der Waals surface area contributed by atoms with Gasteiger partial charge < -0.3 is 16.2 Å². The number of carbonyl (C=O) groups excluding carboxylic acids is 1. The zero-order valence-electron chi connectivity index (χ0n) is 12.6. The van der Waals surface area contributed by atoms with Crippen molar-refractivity contribution in [1.82, 2.24) is 5.32 Å². The molecule has 1 aromatic rings. The first-order valence-electron chi connectivity index (χ1n) is 7.04. The van der Waals surface area contributed by atoms with Crippen molar-refractivity contribution >= 4 is 5.91 Å². The number of rotatable bonds is 6. The second-order valence-corrected chi connectivity index (χ2v) is 6.36. The van der Waals surface area contributed by atoms with Gasteiger partial charge in [-0.05, 0) is 17.4 Å². The highest BCUT2D eigenvalue weighted by Crippen LogP contribution is 2.20. The number of nitrogens with one attached hydrogen (secondary N) is 1. The van der Waals surface area contributed by atoms with Gasteiger partial charge in [-0.2, -0.15) is 0 Å². The quantitative estimate of drug-likeness (QED) is 0.740. The van der Waals surface area contributed by atoms with Gasteiger partial charge in [0.25, 0.3) is 0 Å². The summed E-state index contributed by atoms with van der Waals surface area (Å²) in [6, 6.07) is 9.47. The van der Waals surface area contributed by atoms with E-state index < -0.39 is 6.10 Å². The third-order valence-corrected chi connectivity index (χ3v) is 3.11. The van der Waals surface area contributed by atoms with Gasteiger partial charge >= 0.3 is 0 Å². The highest BCUT2D eigenvalue weighted by atomic mass is 16.3. The van der Waals surface area contributed by atoms with Crippen LogP contribution in [0, 0.1) is 5.41 Å². The monoisotopic (exact) mass is 278 g/mol. The lowest BCUT2D eigenvalue weighted by Gasteiger charge is -2.23. The van der Waals surface area contributed by atoms with Crippen molar-refractivity contribution in [2.45, 2.75) is 39.2 Å². The Hall–Kier alpha value is -1.39. The molecule has 0 aromatic heterocycles. The first-order chi connectivity index (χ1) is 9.33. The van der Waals surface area contributed by atoms with Crippen LogP contribution in [0.25, 0.3) is 0 Å². The molecule has 2 unspecified atom stereocenters. The van der Waals surface area contributed by atoms with Crippen LogP contribution >= 0.6 is 0 Å². The average molecular weight is 278 g/mol. The Balaban J connectivity index is 2.53. The van der Waals surface area contributed by atoms with E-state index in [-0.39, 0.29) is 30.3 Å². The topological polar surface area (TPSA) is 75.3 Å². The summed E-state index contributed by atoms with van der Waals surface area (Å²) >= 11 is 0. The molecule has 0 saturated heterocycles. The predicted octanol–water partition coefficient (Wildman–Crippen LogP) is 1.64. The Morgan fingerprint density at radius 2 is 1.90 bits per heavy atom. The van der Waals surface area contributed by atoms with Gasteiger partial charge in [-0.3, -0.25) is 4.79 Å². The fourth-order valence-corrected chi connectivity index (χ4v) is 2.20. The number of hydrogen-bond donors (Lipinski definition) is 3. The lowest BCUT2D eigenvalue weighted by atomic mass is 9.89. The van der Waals surface area contributed by atoms with Gasteiger partial charge in [0.1, 0.15) is 0 Å². The Kier molecular flexibility index (Phi) is 6.17. The molecular formula is C16H26N2O2. The Morgan fingerprint density at radius 1 is 1.30 bits per heavy atom. The molecule has 0 heterocycles. The van der Waals surface area contributed by atoms with Crippen LogP contribution in [0.4, 0.5) is 0 Å². The van der Waals surface area contributed by atoms with Crippen molar-refractivity contribution in [2.75, 3.05) is 13.1 Å². The molecule has 0 saturated carbocycles. The van der Waals surface area contributed by atoms with E-state index in [0.717, 1.165) is 5.56 Å². The first kappa shape index (κ1) is 16.7. The van der Waals surface area contributed by atoms with Crippen LogP contribution in [0.2, 0.25) is 0 Å². The van der Waals surface area contributed by atoms with E-state index >= 15 is 0 Å². The highest BCUT2D eigenvalue weighted by molar-refractivity contribution is 5.83. The van der Waals surface area contributed by atoms with Crippen molar-refractivity contribution in [3.63, 3.8) is 0 Å². The van der Waals surface area contributed by atoms with E-state index in [0.29, 0.717) is 6.42 Å². The maximum absolute atomic E-state index is 12.1. The van der Waals surface area contributed by atoms with Crippen LogP contribution in [0.3, 0.4) is 0 Å². The number of hydrogen-bond acceptors (Lipinski definition) is 3. The first-order valence-corrected chi connectivity index (χ1v) is 7.04. The molecule has 4 nitrogen and oxygen atoms in total. The highest BCUT2D eigenvalue weighted by Gasteiger charge is 2.21. The zero-order valence-corrected chi connectivity index (χ0v) is 12.6. The zero-order chi connectivity index (χ0) is 15.2. The number of amides is 1. The van der Waals surface area contributed by atoms with Crippen molar-refractivity contribution in [2.24, 2.45) is 11.1 Å². The largest absolute Gasteiger partial charge is 0.391 e. The van der Waals surface area contributed by atoms with Crippen LogP contribution in [-0.2, 0) is 4.79 Å². The number of carbonyl (C=O) groups is 1. The molecule has 4 N–H and O–H groups in total. The summed E-state index contributed by atoms with van der Waals surface area (Å²) in [5, 5.41) is 12.7. The smallest absolute Gasteiger partial charge is 0.228 e. The van der Waals surface area contributed by atoms with Gasteiger partial charge in [0.05, 0.1) is 12.0 Å². The maximum atomic E-state index is 12.1. The van der Waals surface area contributed by atoms with E-state index in [1.54, 1.807) is 0 Å². The molecular weight excluding hydrogens is 252 g/mol. The molecule has 0 bridgehead atoms. The Labute approximate surface area is 121 Å². The minimum atomic E-state index is -0.534. The standard InChI is InChI=1S/C16H26N2O2/c1-16(2,3)9-13(19)11-18-15(20)14(10-17)12-7-5-4-6-8-12/h4-8,13-14,19H,9-11,17H2,1-3H3,(H,18,20). The number of benzene rings is 1. The number of nitrogens with two attached hydrogens (primary N) is 1. The van der Waals surface area contributed by atoms with Gasteiger partial charge in [-0.15, -0.1) is 0 Å². The minimum absolute atomic E-state index is 0.0385. The van der Waals surface area contributed by atoms with Crippen LogP contribution in [0.1, 0.15) is 38.7 Å². The number of aliphatic hydroxyl groups is 1. The van der Waals surface area contributed by atoms with Crippen molar-refractivity contribution in [1.29, 1.82) is 0 Å². The summed E-state index contributed by atoms with van der Waals surface area (Å²) in [6.45, 7) is 6.70. The Morgan fingerprint density at radius 3 is 2.40 bits per heavy atom. The third-order valence-electron chi connectivity index (χ3n) is 3.11. The SMILES string of the molecule is CC(C)(C)CC(O)CNC(=O)C(CN)c1ccccc1. The maximum Gasteiger partial charge on any atom is 0.228 e. The fraction of sp³-hybridized carbons (Fsp3) is 0.562. The van der Waals surface area contributed by atoms with Crippen LogP contribution in [0.15, 0.2) is 30.3 Å². The summed E-state index contributed by atoms with van der Waals surface area (Å²) in [7, 11) is 0. The van der Waals surface area contributed by atoms with Gasteiger partial charge in [0.15, 0.2) is 0 Å². The summed E-state index contributed by atoms with van der Waals surface area (Å²) in [5.41, 5.74) is 6.63. The molecule has 0 radical (unpaired) electrons. The van der Waals surface area contributed by atoms with E-state index in [9.17, 15) is 9.90 Å². The molecule has 0 aliphatic rings. The molecule has 0 aliphatic carbocycles. The molecule has 1 amide bonds. The average Bonchev–Trinajstić information content (AvgIpc) is 2.36. The molecule has 1 aromatic carbocycles. The predicted molar refractivity (Wildman–Crippen MR) is 81.3 cm³/mol. The van der Waals surface area contributed by atoms with Gasteiger partial charge in [-0.25, -0.2) is 0 Å². The van der Waals surface area contributed by atoms with Crippen LogP contribution < -0.4 is 11.1 Å². The second-order valence-electron chi connectivity index (χ2n) is 6.36. The summed E-state index contributed by atoms with van der Waals surface area (Å²) in [5.74, 6) is -0.496. The van der Waals surface area contributed by atoms with Gasteiger partial charge in [0.2, 0.25) is 5.91 Å². The number of aliphatic hydroxyl groups excluding tert-OH is 1. The van der Waals surface area contributed by atoms with E-state index in [1.165, 1.54) is 0 Å². The van der Waals surface area contributed by atoms with Gasteiger partial charge in [0, 0.05) is 13.1 Å². The van der Waals surface area contributed by atoms with Crippen LogP contribution in [0.5, 0.6) is 0 Å². The van der Waals surface area contributed by atoms with E-state index in [4.69, 9.17) is 5.73 Å². The molecule has 0 fully saturated rings. The van der Waals surface area contributed by atoms with Crippen molar-refractivity contribution in [3.8, 4) is 0 Å². The molecule has 20 heavy (non-hydrogen) atoms. The molecule has 0 spiro atoms. The van der Waals surface area contributed by atoms with Crippen LogP contribution in [-0.4, -0.2) is 30.2 Å². The van der Waals surface area contributed by atoms with E-state index in [1.807, 2.05) is 30.3 Å². The molecule has 1 rings (SSSR count). The van der Waals surface area contributed by atoms with Crippen molar-refractivity contribution < 1.29 is 9.90 Å². The Bertz CT molecular complexity index is 412. The lowest BCUT2D eigenvalue weighted by Crippen LogP contribution is -2.39. The summed E-state index contributed by atoms with van der Waals surface area (Å²) in [6.07, 6.45) is 0.111. The van der Waals surface area contributed by atoms with Gasteiger partial charge in [-0.1, -0.05) is 51.1 Å². The molecule has 112 valence electrons. The van der Waals surface area contributed by atoms with Crippen molar-refractivity contribution in [3.05, 3.63) is 35.9 Å². The molecule has 0 aliphatic heterocycles. The fourth-order valence-electron chi connectivity index (χ4n) is 2.20. The summed E-state index contributed by atoms with van der Waals surface area (Å²) in [4.78, 5) is 12.1. The lowest BCUT2D eigenvalue weighted by molar-refractivity contribution is -0.122. The summed E-state index contributed by atoms with van der Waals surface area (Å²) < 4.78 is 0. The minimum Gasteiger partial charge on any atom is -0.391 e. The van der Waals surface area contributed by atoms with E-state index in [2.05, 4.69) is 26.1 Å².